The average Bonchev–Trinajstić information content (AvgIpc) is 2.10. The summed E-state index contributed by atoms with van der Waals surface area (Å²) in [6, 6.07) is 0. The Balaban J connectivity index is 2.57. The van der Waals surface area contributed by atoms with Crippen LogP contribution in [-0.4, -0.2) is 29.6 Å². The molecular weight excluding hydrogens is 244 g/mol. The molecule has 4 heteroatoms. The van der Waals surface area contributed by atoms with E-state index in [1.807, 2.05) is 40.7 Å². The first-order valence-electron chi connectivity index (χ1n) is 6.80. The van der Waals surface area contributed by atoms with E-state index in [2.05, 4.69) is 6.58 Å². The van der Waals surface area contributed by atoms with Crippen LogP contribution in [0.1, 0.15) is 53.9 Å². The minimum absolute atomic E-state index is 0.0497. The molecule has 0 aromatic carbocycles. The Bertz CT molecular complexity index is 328. The van der Waals surface area contributed by atoms with Crippen LogP contribution in [0.15, 0.2) is 12.7 Å². The SMILES string of the molecule is C=CC[C@@H]1C[C@H](CC(=O)OC(C)(C)C)OC(C)(C)O1. The highest BCUT2D eigenvalue weighted by molar-refractivity contribution is 5.70. The van der Waals surface area contributed by atoms with Gasteiger partial charge in [-0.25, -0.2) is 0 Å². The summed E-state index contributed by atoms with van der Waals surface area (Å²) in [5, 5.41) is 0. The van der Waals surface area contributed by atoms with E-state index in [-0.39, 0.29) is 24.6 Å². The van der Waals surface area contributed by atoms with Crippen molar-refractivity contribution in [3.63, 3.8) is 0 Å². The number of rotatable bonds is 4. The molecule has 1 fully saturated rings. The highest BCUT2D eigenvalue weighted by atomic mass is 16.7. The Morgan fingerprint density at radius 2 is 1.95 bits per heavy atom. The van der Waals surface area contributed by atoms with Crippen molar-refractivity contribution in [2.24, 2.45) is 0 Å². The molecule has 0 N–H and O–H groups in total. The minimum atomic E-state index is -0.668. The maximum atomic E-state index is 11.8. The topological polar surface area (TPSA) is 44.8 Å². The van der Waals surface area contributed by atoms with Crippen LogP contribution in [0.3, 0.4) is 0 Å². The molecule has 0 unspecified atom stereocenters. The molecule has 0 radical (unpaired) electrons. The van der Waals surface area contributed by atoms with Crippen LogP contribution in [0.5, 0.6) is 0 Å². The molecular formula is C15H26O4. The summed E-state index contributed by atoms with van der Waals surface area (Å²) in [6.07, 6.45) is 3.43. The van der Waals surface area contributed by atoms with Crippen molar-refractivity contribution in [3.8, 4) is 0 Å². The lowest BCUT2D eigenvalue weighted by Crippen LogP contribution is -2.45. The van der Waals surface area contributed by atoms with Crippen LogP contribution in [-0.2, 0) is 19.0 Å². The smallest absolute Gasteiger partial charge is 0.308 e. The monoisotopic (exact) mass is 270 g/mol. The first kappa shape index (κ1) is 16.2. The summed E-state index contributed by atoms with van der Waals surface area (Å²) in [4.78, 5) is 11.8. The average molecular weight is 270 g/mol. The van der Waals surface area contributed by atoms with Crippen molar-refractivity contribution in [2.45, 2.75) is 77.5 Å². The first-order valence-corrected chi connectivity index (χ1v) is 6.80. The van der Waals surface area contributed by atoms with Gasteiger partial charge in [0.15, 0.2) is 5.79 Å². The van der Waals surface area contributed by atoms with Crippen LogP contribution in [0.25, 0.3) is 0 Å². The molecule has 110 valence electrons. The molecule has 1 saturated heterocycles. The van der Waals surface area contributed by atoms with Gasteiger partial charge in [0.25, 0.3) is 0 Å². The molecule has 0 aliphatic carbocycles. The van der Waals surface area contributed by atoms with Crippen molar-refractivity contribution >= 4 is 5.97 Å². The van der Waals surface area contributed by atoms with E-state index in [0.717, 1.165) is 6.42 Å². The second-order valence-electron chi connectivity index (χ2n) is 6.43. The summed E-state index contributed by atoms with van der Waals surface area (Å²) in [7, 11) is 0. The quantitative estimate of drug-likeness (QED) is 0.581. The molecule has 19 heavy (non-hydrogen) atoms. The molecule has 0 aromatic heterocycles. The van der Waals surface area contributed by atoms with E-state index in [1.165, 1.54) is 0 Å². The number of esters is 1. The highest BCUT2D eigenvalue weighted by Crippen LogP contribution is 2.30. The molecule has 1 aliphatic rings. The summed E-state index contributed by atoms with van der Waals surface area (Å²) in [6.45, 7) is 13.0. The third-order valence-electron chi connectivity index (χ3n) is 2.67. The summed E-state index contributed by atoms with van der Waals surface area (Å²) in [5.41, 5.74) is -0.460. The largest absolute Gasteiger partial charge is 0.460 e. The van der Waals surface area contributed by atoms with Gasteiger partial charge in [-0.3, -0.25) is 4.79 Å². The fourth-order valence-corrected chi connectivity index (χ4v) is 2.24. The fourth-order valence-electron chi connectivity index (χ4n) is 2.24. The normalized spacial score (nSPS) is 26.8. The zero-order valence-corrected chi connectivity index (χ0v) is 12.7. The Labute approximate surface area is 116 Å². The van der Waals surface area contributed by atoms with Gasteiger partial charge in [-0.15, -0.1) is 6.58 Å². The van der Waals surface area contributed by atoms with Gasteiger partial charge >= 0.3 is 5.97 Å². The van der Waals surface area contributed by atoms with Gasteiger partial charge in [0, 0.05) is 6.42 Å². The van der Waals surface area contributed by atoms with Crippen molar-refractivity contribution in [1.82, 2.24) is 0 Å². The van der Waals surface area contributed by atoms with Gasteiger partial charge in [-0.1, -0.05) is 6.08 Å². The molecule has 0 bridgehead atoms. The van der Waals surface area contributed by atoms with E-state index >= 15 is 0 Å². The van der Waals surface area contributed by atoms with Gasteiger partial charge in [0.1, 0.15) is 5.60 Å². The molecule has 0 amide bonds. The Hall–Kier alpha value is -0.870. The third-order valence-corrected chi connectivity index (χ3v) is 2.67. The molecule has 2 atom stereocenters. The number of hydrogen-bond donors (Lipinski definition) is 0. The molecule has 0 aromatic rings. The molecule has 4 nitrogen and oxygen atoms in total. The lowest BCUT2D eigenvalue weighted by molar-refractivity contribution is -0.299. The van der Waals surface area contributed by atoms with Crippen LogP contribution in [0.2, 0.25) is 0 Å². The lowest BCUT2D eigenvalue weighted by Gasteiger charge is -2.40. The Morgan fingerprint density at radius 1 is 1.37 bits per heavy atom. The zero-order chi connectivity index (χ0) is 14.7. The van der Waals surface area contributed by atoms with Crippen LogP contribution in [0, 0.1) is 0 Å². The number of hydrogen-bond acceptors (Lipinski definition) is 4. The van der Waals surface area contributed by atoms with Crippen molar-refractivity contribution in [3.05, 3.63) is 12.7 Å². The van der Waals surface area contributed by atoms with Gasteiger partial charge in [0.2, 0.25) is 0 Å². The molecule has 0 spiro atoms. The van der Waals surface area contributed by atoms with Crippen molar-refractivity contribution in [1.29, 1.82) is 0 Å². The molecule has 0 saturated carbocycles. The molecule has 1 heterocycles. The van der Waals surface area contributed by atoms with Gasteiger partial charge in [-0.05, 0) is 41.0 Å². The van der Waals surface area contributed by atoms with Crippen molar-refractivity contribution in [2.75, 3.05) is 0 Å². The van der Waals surface area contributed by atoms with E-state index in [0.29, 0.717) is 6.42 Å². The van der Waals surface area contributed by atoms with E-state index in [4.69, 9.17) is 14.2 Å². The summed E-state index contributed by atoms with van der Waals surface area (Å²) in [5.74, 6) is -0.897. The van der Waals surface area contributed by atoms with E-state index < -0.39 is 11.4 Å². The summed E-state index contributed by atoms with van der Waals surface area (Å²) < 4.78 is 16.9. The van der Waals surface area contributed by atoms with Crippen LogP contribution >= 0.6 is 0 Å². The van der Waals surface area contributed by atoms with E-state index in [9.17, 15) is 4.79 Å². The Kier molecular flexibility index (Phi) is 5.16. The van der Waals surface area contributed by atoms with Gasteiger partial charge < -0.3 is 14.2 Å². The van der Waals surface area contributed by atoms with E-state index in [1.54, 1.807) is 0 Å². The number of carbonyl (C=O) groups is 1. The maximum Gasteiger partial charge on any atom is 0.308 e. The van der Waals surface area contributed by atoms with Crippen LogP contribution < -0.4 is 0 Å². The second kappa shape index (κ2) is 6.06. The fraction of sp³-hybridized carbons (Fsp3) is 0.800. The molecule has 1 aliphatic heterocycles. The third kappa shape index (κ3) is 6.21. The predicted octanol–water partition coefficient (Wildman–Crippen LogP) is 3.20. The number of carbonyl (C=O) groups excluding carboxylic acids is 1. The minimum Gasteiger partial charge on any atom is -0.460 e. The van der Waals surface area contributed by atoms with Crippen LogP contribution in [0.4, 0.5) is 0 Å². The first-order chi connectivity index (χ1) is 8.61. The second-order valence-corrected chi connectivity index (χ2v) is 6.43. The van der Waals surface area contributed by atoms with Gasteiger partial charge in [0.05, 0.1) is 18.6 Å². The highest BCUT2D eigenvalue weighted by Gasteiger charge is 2.36. The zero-order valence-electron chi connectivity index (χ0n) is 12.7. The predicted molar refractivity (Wildman–Crippen MR) is 73.7 cm³/mol. The molecule has 1 rings (SSSR count). The Morgan fingerprint density at radius 3 is 2.47 bits per heavy atom. The maximum absolute atomic E-state index is 11.8. The standard InChI is InChI=1S/C15H26O4/c1-7-8-11-9-12(18-15(5,6)17-11)10-13(16)19-14(2,3)4/h7,11-12H,1,8-10H2,2-6H3/t11-,12-/m1/s1. The van der Waals surface area contributed by atoms with Gasteiger partial charge in [-0.2, -0.15) is 0 Å². The summed E-state index contributed by atoms with van der Waals surface area (Å²) >= 11 is 0. The lowest BCUT2D eigenvalue weighted by atomic mass is 10.0. The van der Waals surface area contributed by atoms with Crippen molar-refractivity contribution < 1.29 is 19.0 Å². The number of ether oxygens (including phenoxy) is 3.